The molecule has 0 aliphatic carbocycles. The molecule has 0 aromatic carbocycles. The molecule has 2 heterocycles. The van der Waals surface area contributed by atoms with Crippen molar-refractivity contribution in [2.75, 3.05) is 13.2 Å². The Labute approximate surface area is 109 Å². The molecular weight excluding hydrogens is 265 g/mol. The van der Waals surface area contributed by atoms with Crippen LogP contribution in [0.25, 0.3) is 0 Å². The summed E-state index contributed by atoms with van der Waals surface area (Å²) < 4.78 is 10.5. The van der Waals surface area contributed by atoms with E-state index in [1.54, 1.807) is 0 Å². The number of halogens is 2. The summed E-state index contributed by atoms with van der Waals surface area (Å²) in [7, 11) is 0. The predicted octanol–water partition coefficient (Wildman–Crippen LogP) is 2.72. The summed E-state index contributed by atoms with van der Waals surface area (Å²) in [4.78, 5) is 15.6. The van der Waals surface area contributed by atoms with Gasteiger partial charge in [-0.3, -0.25) is 0 Å². The molecule has 0 radical (unpaired) electrons. The summed E-state index contributed by atoms with van der Waals surface area (Å²) in [6.45, 7) is 1.25. The lowest BCUT2D eigenvalue weighted by Gasteiger charge is -2.22. The van der Waals surface area contributed by atoms with Crippen molar-refractivity contribution in [2.24, 2.45) is 0 Å². The summed E-state index contributed by atoms with van der Waals surface area (Å²) in [5, 5.41) is 0.419. The normalized spacial score (nSPS) is 16.8. The Morgan fingerprint density at radius 2 is 2.12 bits per heavy atom. The summed E-state index contributed by atoms with van der Waals surface area (Å²) in [5.74, 6) is -0.428. The van der Waals surface area contributed by atoms with Gasteiger partial charge in [0, 0.05) is 19.0 Å². The maximum absolute atomic E-state index is 11.8. The number of nitrogens with zero attached hydrogens (tertiary/aromatic N) is 1. The third-order valence-electron chi connectivity index (χ3n) is 2.47. The van der Waals surface area contributed by atoms with Gasteiger partial charge in [-0.05, 0) is 6.07 Å². The van der Waals surface area contributed by atoms with Crippen LogP contribution in [0.4, 0.5) is 0 Å². The lowest BCUT2D eigenvalue weighted by molar-refractivity contribution is -0.0159. The topological polar surface area (TPSA) is 48.4 Å². The summed E-state index contributed by atoms with van der Waals surface area (Å²) in [6.07, 6.45) is 2.71. The Balaban J connectivity index is 2.01. The smallest absolute Gasteiger partial charge is 0.340 e. The van der Waals surface area contributed by atoms with E-state index in [0.717, 1.165) is 12.8 Å². The van der Waals surface area contributed by atoms with Crippen LogP contribution in [0.1, 0.15) is 23.2 Å². The molecule has 0 N–H and O–H groups in total. The van der Waals surface area contributed by atoms with Gasteiger partial charge < -0.3 is 9.47 Å². The third kappa shape index (κ3) is 3.31. The van der Waals surface area contributed by atoms with Crippen molar-refractivity contribution in [3.8, 4) is 0 Å². The highest BCUT2D eigenvalue weighted by molar-refractivity contribution is 6.41. The molecule has 1 aromatic heterocycles. The number of carbonyl (C=O) groups excluding carboxylic acids is 1. The van der Waals surface area contributed by atoms with E-state index in [1.807, 2.05) is 0 Å². The molecule has 1 aromatic rings. The zero-order valence-corrected chi connectivity index (χ0v) is 10.5. The quantitative estimate of drug-likeness (QED) is 0.615. The minimum atomic E-state index is -0.428. The predicted molar refractivity (Wildman–Crippen MR) is 63.5 cm³/mol. The molecule has 92 valence electrons. The van der Waals surface area contributed by atoms with Crippen molar-refractivity contribution in [2.45, 2.75) is 18.9 Å². The van der Waals surface area contributed by atoms with Crippen LogP contribution in [-0.4, -0.2) is 30.3 Å². The second kappa shape index (κ2) is 5.67. The molecule has 0 spiro atoms. The third-order valence-corrected chi connectivity index (χ3v) is 3.16. The number of aromatic nitrogens is 1. The molecule has 1 aliphatic heterocycles. The average Bonchev–Trinajstić information content (AvgIpc) is 2.34. The maximum Gasteiger partial charge on any atom is 0.340 e. The largest absolute Gasteiger partial charge is 0.459 e. The monoisotopic (exact) mass is 275 g/mol. The van der Waals surface area contributed by atoms with Gasteiger partial charge in [0.15, 0.2) is 0 Å². The molecular formula is C11H11Cl2NO3. The van der Waals surface area contributed by atoms with E-state index in [0.29, 0.717) is 18.8 Å². The molecule has 0 unspecified atom stereocenters. The van der Waals surface area contributed by atoms with Gasteiger partial charge in [0.2, 0.25) is 0 Å². The molecule has 4 nitrogen and oxygen atoms in total. The van der Waals surface area contributed by atoms with Crippen LogP contribution >= 0.6 is 23.2 Å². The van der Waals surface area contributed by atoms with Gasteiger partial charge in [-0.25, -0.2) is 9.78 Å². The minimum Gasteiger partial charge on any atom is -0.459 e. The van der Waals surface area contributed by atoms with E-state index in [2.05, 4.69) is 4.98 Å². The molecule has 0 bridgehead atoms. The van der Waals surface area contributed by atoms with Crippen LogP contribution in [0.3, 0.4) is 0 Å². The second-order valence-corrected chi connectivity index (χ2v) is 4.48. The van der Waals surface area contributed by atoms with E-state index in [4.69, 9.17) is 32.7 Å². The number of pyridine rings is 1. The van der Waals surface area contributed by atoms with Gasteiger partial charge in [-0.2, -0.15) is 0 Å². The first-order chi connectivity index (χ1) is 8.16. The van der Waals surface area contributed by atoms with Crippen LogP contribution in [0.2, 0.25) is 10.2 Å². The lowest BCUT2D eigenvalue weighted by Crippen LogP contribution is -2.26. The van der Waals surface area contributed by atoms with Gasteiger partial charge in [0.05, 0.1) is 23.8 Å². The Kier molecular flexibility index (Phi) is 4.20. The van der Waals surface area contributed by atoms with Gasteiger partial charge in [0.1, 0.15) is 11.3 Å². The summed E-state index contributed by atoms with van der Waals surface area (Å²) in [5.41, 5.74) is 0.311. The Morgan fingerprint density at radius 1 is 1.41 bits per heavy atom. The van der Waals surface area contributed by atoms with Crippen molar-refractivity contribution >= 4 is 29.2 Å². The van der Waals surface area contributed by atoms with E-state index < -0.39 is 5.97 Å². The number of esters is 1. The second-order valence-electron chi connectivity index (χ2n) is 3.71. The molecule has 6 heteroatoms. The number of hydrogen-bond acceptors (Lipinski definition) is 4. The number of carbonyl (C=O) groups is 1. The van der Waals surface area contributed by atoms with Crippen molar-refractivity contribution in [3.63, 3.8) is 0 Å². The van der Waals surface area contributed by atoms with Gasteiger partial charge in [-0.15, -0.1) is 0 Å². The fourth-order valence-corrected chi connectivity index (χ4v) is 1.82. The molecule has 17 heavy (non-hydrogen) atoms. The number of hydrogen-bond donors (Lipinski definition) is 0. The lowest BCUT2D eigenvalue weighted by atomic mass is 10.1. The van der Waals surface area contributed by atoms with Crippen LogP contribution in [0.15, 0.2) is 12.3 Å². The SMILES string of the molecule is O=C(OC1CCOCC1)c1cnc(Cl)c(Cl)c1. The first-order valence-corrected chi connectivity index (χ1v) is 6.02. The molecule has 0 atom stereocenters. The Hall–Kier alpha value is -0.840. The fourth-order valence-electron chi connectivity index (χ4n) is 1.55. The number of rotatable bonds is 2. The van der Waals surface area contributed by atoms with Crippen LogP contribution < -0.4 is 0 Å². The minimum absolute atomic E-state index is 0.0919. The first-order valence-electron chi connectivity index (χ1n) is 5.26. The van der Waals surface area contributed by atoms with E-state index in [-0.39, 0.29) is 16.3 Å². The van der Waals surface area contributed by atoms with E-state index >= 15 is 0 Å². The summed E-state index contributed by atoms with van der Waals surface area (Å²) in [6, 6.07) is 1.46. The highest BCUT2D eigenvalue weighted by Gasteiger charge is 2.19. The molecule has 0 amide bonds. The molecule has 0 saturated carbocycles. The molecule has 1 saturated heterocycles. The average molecular weight is 276 g/mol. The van der Waals surface area contributed by atoms with Crippen molar-refractivity contribution in [1.29, 1.82) is 0 Å². The highest BCUT2D eigenvalue weighted by atomic mass is 35.5. The van der Waals surface area contributed by atoms with Crippen LogP contribution in [0.5, 0.6) is 0 Å². The van der Waals surface area contributed by atoms with Gasteiger partial charge in [-0.1, -0.05) is 23.2 Å². The van der Waals surface area contributed by atoms with E-state index in [9.17, 15) is 4.79 Å². The van der Waals surface area contributed by atoms with Crippen LogP contribution in [0, 0.1) is 0 Å². The molecule has 1 fully saturated rings. The maximum atomic E-state index is 11.8. The van der Waals surface area contributed by atoms with E-state index in [1.165, 1.54) is 12.3 Å². The highest BCUT2D eigenvalue weighted by Crippen LogP contribution is 2.21. The van der Waals surface area contributed by atoms with Gasteiger partial charge >= 0.3 is 5.97 Å². The molecule has 1 aliphatic rings. The van der Waals surface area contributed by atoms with Crippen molar-refractivity contribution < 1.29 is 14.3 Å². The Bertz CT molecular complexity index is 419. The summed E-state index contributed by atoms with van der Waals surface area (Å²) >= 11 is 11.4. The van der Waals surface area contributed by atoms with Crippen molar-refractivity contribution in [3.05, 3.63) is 28.0 Å². The van der Waals surface area contributed by atoms with Crippen molar-refractivity contribution in [1.82, 2.24) is 4.98 Å². The standard InChI is InChI=1S/C11H11Cl2NO3/c12-9-5-7(6-14-10(9)13)11(15)17-8-1-3-16-4-2-8/h5-6,8H,1-4H2. The van der Waals surface area contributed by atoms with Gasteiger partial charge in [0.25, 0.3) is 0 Å². The molecule has 2 rings (SSSR count). The fraction of sp³-hybridized carbons (Fsp3) is 0.455. The number of ether oxygens (including phenoxy) is 2. The zero-order chi connectivity index (χ0) is 12.3. The first kappa shape index (κ1) is 12.6. The Morgan fingerprint density at radius 3 is 2.76 bits per heavy atom. The zero-order valence-electron chi connectivity index (χ0n) is 8.99. The van der Waals surface area contributed by atoms with Crippen LogP contribution in [-0.2, 0) is 9.47 Å².